The molecule has 0 saturated heterocycles. The van der Waals surface area contributed by atoms with Crippen LogP contribution in [0.4, 0.5) is 4.39 Å². The topological polar surface area (TPSA) is 66.8 Å². The first-order valence-electron chi connectivity index (χ1n) is 6.35. The van der Waals surface area contributed by atoms with Gasteiger partial charge in [0.05, 0.1) is 5.56 Å². The van der Waals surface area contributed by atoms with E-state index in [0.29, 0.717) is 22.2 Å². The molecule has 21 heavy (non-hydrogen) atoms. The second-order valence-electron chi connectivity index (χ2n) is 4.66. The fraction of sp³-hybridized carbons (Fsp3) is 0.133. The number of hydrogen-bond donors (Lipinski definition) is 2. The zero-order valence-electron chi connectivity index (χ0n) is 11.4. The number of rotatable bonds is 4. The fourth-order valence-corrected chi connectivity index (χ4v) is 1.82. The van der Waals surface area contributed by atoms with E-state index in [1.807, 2.05) is 0 Å². The third-order valence-electron chi connectivity index (χ3n) is 3.04. The van der Waals surface area contributed by atoms with Gasteiger partial charge < -0.3 is 14.8 Å². The van der Waals surface area contributed by atoms with Crippen LogP contribution in [0.1, 0.15) is 21.5 Å². The minimum atomic E-state index is -1.57. The molecule has 0 aliphatic heterocycles. The number of carbonyl (C=O) groups is 1. The van der Waals surface area contributed by atoms with Gasteiger partial charge in [0.15, 0.2) is 0 Å². The van der Waals surface area contributed by atoms with Crippen molar-refractivity contribution >= 4 is 18.6 Å². The molecular formula is C15H14BFO4. The SMILES string of the molecule is Cc1cc(COC(=O)c2ccc(B(O)O)cc2)ccc1F. The molecule has 0 saturated carbocycles. The first kappa shape index (κ1) is 15.2. The molecule has 0 radical (unpaired) electrons. The lowest BCUT2D eigenvalue weighted by atomic mass is 9.80. The molecule has 0 aromatic heterocycles. The average Bonchev–Trinajstić information content (AvgIpc) is 2.48. The molecule has 2 N–H and O–H groups in total. The third kappa shape index (κ3) is 3.90. The quantitative estimate of drug-likeness (QED) is 0.654. The van der Waals surface area contributed by atoms with Crippen molar-refractivity contribution in [1.82, 2.24) is 0 Å². The Labute approximate surface area is 122 Å². The van der Waals surface area contributed by atoms with E-state index in [0.717, 1.165) is 0 Å². The molecule has 2 aromatic carbocycles. The van der Waals surface area contributed by atoms with Crippen LogP contribution in [-0.2, 0) is 11.3 Å². The standard InChI is InChI=1S/C15H14BFO4/c1-10-8-11(2-7-14(10)17)9-21-15(18)12-3-5-13(6-4-12)16(19)20/h2-8,19-20H,9H2,1H3. The predicted molar refractivity (Wildman–Crippen MR) is 76.5 cm³/mol. The summed E-state index contributed by atoms with van der Waals surface area (Å²) in [6.07, 6.45) is 0. The number of ether oxygens (including phenoxy) is 1. The van der Waals surface area contributed by atoms with Crippen molar-refractivity contribution in [2.75, 3.05) is 0 Å². The highest BCUT2D eigenvalue weighted by Crippen LogP contribution is 2.11. The summed E-state index contributed by atoms with van der Waals surface area (Å²) in [6.45, 7) is 1.68. The van der Waals surface area contributed by atoms with Crippen LogP contribution < -0.4 is 5.46 Å². The number of carbonyl (C=O) groups excluding carboxylic acids is 1. The van der Waals surface area contributed by atoms with Gasteiger partial charge in [-0.1, -0.05) is 18.2 Å². The third-order valence-corrected chi connectivity index (χ3v) is 3.04. The number of halogens is 1. The molecule has 0 unspecified atom stereocenters. The molecular weight excluding hydrogens is 274 g/mol. The van der Waals surface area contributed by atoms with Gasteiger partial charge in [0, 0.05) is 0 Å². The lowest BCUT2D eigenvalue weighted by Crippen LogP contribution is -2.29. The fourth-order valence-electron chi connectivity index (χ4n) is 1.82. The average molecular weight is 288 g/mol. The van der Waals surface area contributed by atoms with Crippen LogP contribution in [0.15, 0.2) is 42.5 Å². The monoisotopic (exact) mass is 288 g/mol. The molecule has 4 nitrogen and oxygen atoms in total. The maximum atomic E-state index is 13.1. The van der Waals surface area contributed by atoms with Crippen molar-refractivity contribution in [1.29, 1.82) is 0 Å². The Balaban J connectivity index is 1.99. The van der Waals surface area contributed by atoms with E-state index in [9.17, 15) is 9.18 Å². The van der Waals surface area contributed by atoms with Crippen molar-refractivity contribution in [3.8, 4) is 0 Å². The van der Waals surface area contributed by atoms with Gasteiger partial charge in [-0.2, -0.15) is 0 Å². The van der Waals surface area contributed by atoms with E-state index >= 15 is 0 Å². The number of hydrogen-bond acceptors (Lipinski definition) is 4. The normalized spacial score (nSPS) is 10.3. The Morgan fingerprint density at radius 2 is 1.86 bits per heavy atom. The molecule has 0 atom stereocenters. The molecule has 108 valence electrons. The van der Waals surface area contributed by atoms with Gasteiger partial charge in [0.1, 0.15) is 12.4 Å². The van der Waals surface area contributed by atoms with Gasteiger partial charge in [-0.05, 0) is 47.8 Å². The molecule has 0 aliphatic rings. The van der Waals surface area contributed by atoms with Crippen LogP contribution in [0.2, 0.25) is 0 Å². The molecule has 0 amide bonds. The smallest absolute Gasteiger partial charge is 0.457 e. The first-order chi connectivity index (χ1) is 9.97. The minimum Gasteiger partial charge on any atom is -0.457 e. The highest BCUT2D eigenvalue weighted by molar-refractivity contribution is 6.58. The zero-order valence-corrected chi connectivity index (χ0v) is 11.4. The summed E-state index contributed by atoms with van der Waals surface area (Å²) in [5, 5.41) is 17.9. The molecule has 0 aliphatic carbocycles. The van der Waals surface area contributed by atoms with E-state index in [2.05, 4.69) is 0 Å². The van der Waals surface area contributed by atoms with Gasteiger partial charge in [-0.3, -0.25) is 0 Å². The van der Waals surface area contributed by atoms with Crippen molar-refractivity contribution in [3.05, 3.63) is 65.0 Å². The first-order valence-corrected chi connectivity index (χ1v) is 6.35. The van der Waals surface area contributed by atoms with Crippen molar-refractivity contribution in [2.45, 2.75) is 13.5 Å². The maximum absolute atomic E-state index is 13.1. The lowest BCUT2D eigenvalue weighted by molar-refractivity contribution is 0.0472. The second-order valence-corrected chi connectivity index (χ2v) is 4.66. The summed E-state index contributed by atoms with van der Waals surface area (Å²) in [7, 11) is -1.57. The summed E-state index contributed by atoms with van der Waals surface area (Å²) in [5.74, 6) is -0.834. The summed E-state index contributed by atoms with van der Waals surface area (Å²) in [6, 6.07) is 10.3. The van der Waals surface area contributed by atoms with Gasteiger partial charge in [-0.15, -0.1) is 0 Å². The van der Waals surface area contributed by atoms with E-state index in [-0.39, 0.29) is 12.4 Å². The van der Waals surface area contributed by atoms with Crippen LogP contribution >= 0.6 is 0 Å². The Bertz CT molecular complexity index is 641. The summed E-state index contributed by atoms with van der Waals surface area (Å²) >= 11 is 0. The molecule has 2 rings (SSSR count). The Morgan fingerprint density at radius 3 is 2.43 bits per heavy atom. The molecule has 0 bridgehead atoms. The molecule has 0 fully saturated rings. The Morgan fingerprint density at radius 1 is 1.19 bits per heavy atom. The predicted octanol–water partition coefficient (Wildman–Crippen LogP) is 1.17. The van der Waals surface area contributed by atoms with Crippen LogP contribution in [0.5, 0.6) is 0 Å². The Kier molecular flexibility index (Phi) is 4.72. The van der Waals surface area contributed by atoms with Crippen LogP contribution in [0, 0.1) is 12.7 Å². The van der Waals surface area contributed by atoms with Crippen molar-refractivity contribution < 1.29 is 24.0 Å². The number of benzene rings is 2. The highest BCUT2D eigenvalue weighted by atomic mass is 19.1. The van der Waals surface area contributed by atoms with Gasteiger partial charge in [0.2, 0.25) is 0 Å². The molecule has 0 spiro atoms. The van der Waals surface area contributed by atoms with E-state index < -0.39 is 13.1 Å². The van der Waals surface area contributed by atoms with E-state index in [4.69, 9.17) is 14.8 Å². The van der Waals surface area contributed by atoms with E-state index in [1.165, 1.54) is 30.3 Å². The van der Waals surface area contributed by atoms with E-state index in [1.54, 1.807) is 19.1 Å². The molecule has 0 heterocycles. The second kappa shape index (κ2) is 6.52. The summed E-state index contributed by atoms with van der Waals surface area (Å²) in [5.41, 5.74) is 1.79. The minimum absolute atomic E-state index is 0.0460. The largest absolute Gasteiger partial charge is 0.488 e. The van der Waals surface area contributed by atoms with Crippen LogP contribution in [0.3, 0.4) is 0 Å². The highest BCUT2D eigenvalue weighted by Gasteiger charge is 2.13. The van der Waals surface area contributed by atoms with Crippen molar-refractivity contribution in [3.63, 3.8) is 0 Å². The summed E-state index contributed by atoms with van der Waals surface area (Å²) in [4.78, 5) is 11.8. The van der Waals surface area contributed by atoms with Crippen LogP contribution in [0.25, 0.3) is 0 Å². The van der Waals surface area contributed by atoms with Crippen LogP contribution in [-0.4, -0.2) is 23.1 Å². The lowest BCUT2D eigenvalue weighted by Gasteiger charge is -2.07. The van der Waals surface area contributed by atoms with Crippen molar-refractivity contribution in [2.24, 2.45) is 0 Å². The summed E-state index contributed by atoms with van der Waals surface area (Å²) < 4.78 is 18.2. The number of aryl methyl sites for hydroxylation is 1. The Hall–Kier alpha value is -2.18. The molecule has 6 heteroatoms. The maximum Gasteiger partial charge on any atom is 0.488 e. The van der Waals surface area contributed by atoms with Gasteiger partial charge in [0.25, 0.3) is 0 Å². The van der Waals surface area contributed by atoms with Gasteiger partial charge >= 0.3 is 13.1 Å². The molecule has 2 aromatic rings. The number of esters is 1. The zero-order chi connectivity index (χ0) is 15.4. The van der Waals surface area contributed by atoms with Gasteiger partial charge in [-0.25, -0.2) is 9.18 Å².